The number of rotatable bonds is 2. The van der Waals surface area contributed by atoms with Crippen LogP contribution in [0.15, 0.2) is 36.4 Å². The van der Waals surface area contributed by atoms with E-state index in [1.54, 1.807) is 0 Å². The maximum absolute atomic E-state index is 7.17. The van der Waals surface area contributed by atoms with Crippen molar-refractivity contribution in [3.05, 3.63) is 75.6 Å². The van der Waals surface area contributed by atoms with Crippen molar-refractivity contribution in [2.24, 2.45) is 0 Å². The quantitative estimate of drug-likeness (QED) is 0.499. The SMILES string of the molecule is [C-]#[N+]c1ccccc1/C=C/c1c(C)cc(C)cc1C. The Bertz CT molecular complexity index is 649. The maximum Gasteiger partial charge on any atom is 0.194 e. The normalized spacial score (nSPS) is 10.6. The molecule has 0 aliphatic heterocycles. The van der Waals surface area contributed by atoms with Crippen LogP contribution >= 0.6 is 0 Å². The Morgan fingerprint density at radius 2 is 1.58 bits per heavy atom. The molecule has 0 saturated heterocycles. The third-order valence-electron chi connectivity index (χ3n) is 3.22. The molecular weight excluding hydrogens is 230 g/mol. The smallest absolute Gasteiger partial charge is 0.194 e. The molecule has 0 N–H and O–H groups in total. The molecule has 0 unspecified atom stereocenters. The van der Waals surface area contributed by atoms with E-state index >= 15 is 0 Å². The molecule has 19 heavy (non-hydrogen) atoms. The monoisotopic (exact) mass is 247 g/mol. The summed E-state index contributed by atoms with van der Waals surface area (Å²) in [5.41, 5.74) is 6.74. The number of para-hydroxylation sites is 1. The number of hydrogen-bond acceptors (Lipinski definition) is 0. The Labute approximate surface area is 115 Å². The summed E-state index contributed by atoms with van der Waals surface area (Å²) in [5, 5.41) is 0. The Kier molecular flexibility index (Phi) is 3.82. The van der Waals surface area contributed by atoms with Gasteiger partial charge < -0.3 is 0 Å². The van der Waals surface area contributed by atoms with Gasteiger partial charge in [0.2, 0.25) is 0 Å². The van der Waals surface area contributed by atoms with Gasteiger partial charge in [-0.2, -0.15) is 0 Å². The van der Waals surface area contributed by atoms with Crippen molar-refractivity contribution in [3.8, 4) is 0 Å². The van der Waals surface area contributed by atoms with Crippen LogP contribution in [0.1, 0.15) is 27.8 Å². The zero-order valence-corrected chi connectivity index (χ0v) is 11.6. The van der Waals surface area contributed by atoms with Crippen LogP contribution in [0.2, 0.25) is 0 Å². The number of nitrogens with zero attached hydrogens (tertiary/aromatic N) is 1. The van der Waals surface area contributed by atoms with E-state index in [-0.39, 0.29) is 0 Å². The first kappa shape index (κ1) is 13.1. The lowest BCUT2D eigenvalue weighted by Gasteiger charge is -2.07. The second kappa shape index (κ2) is 5.54. The van der Waals surface area contributed by atoms with Crippen molar-refractivity contribution in [2.75, 3.05) is 0 Å². The summed E-state index contributed by atoms with van der Waals surface area (Å²) in [6, 6.07) is 12.1. The molecule has 2 aromatic rings. The Balaban J connectivity index is 2.42. The van der Waals surface area contributed by atoms with Gasteiger partial charge >= 0.3 is 0 Å². The van der Waals surface area contributed by atoms with Gasteiger partial charge in [-0.15, -0.1) is 0 Å². The summed E-state index contributed by atoms with van der Waals surface area (Å²) in [6.45, 7) is 13.5. The van der Waals surface area contributed by atoms with Crippen LogP contribution in [0.25, 0.3) is 17.0 Å². The highest BCUT2D eigenvalue weighted by Crippen LogP contribution is 2.23. The molecule has 0 heterocycles. The van der Waals surface area contributed by atoms with Crippen molar-refractivity contribution in [2.45, 2.75) is 20.8 Å². The second-order valence-corrected chi connectivity index (χ2v) is 4.82. The van der Waals surface area contributed by atoms with E-state index in [9.17, 15) is 0 Å². The Hall–Kier alpha value is -2.33. The van der Waals surface area contributed by atoms with Gasteiger partial charge in [0.05, 0.1) is 6.57 Å². The first-order valence-electron chi connectivity index (χ1n) is 6.34. The van der Waals surface area contributed by atoms with Crippen molar-refractivity contribution in [3.63, 3.8) is 0 Å². The Morgan fingerprint density at radius 3 is 2.21 bits per heavy atom. The van der Waals surface area contributed by atoms with Crippen LogP contribution in [0.4, 0.5) is 5.69 Å². The van der Waals surface area contributed by atoms with E-state index in [0.717, 1.165) is 5.56 Å². The molecule has 0 amide bonds. The van der Waals surface area contributed by atoms with E-state index in [1.807, 2.05) is 30.3 Å². The molecule has 0 atom stereocenters. The predicted molar refractivity (Wildman–Crippen MR) is 82.3 cm³/mol. The van der Waals surface area contributed by atoms with Crippen molar-refractivity contribution >= 4 is 17.8 Å². The molecule has 0 aliphatic carbocycles. The molecule has 0 fully saturated rings. The molecule has 1 nitrogen and oxygen atoms in total. The summed E-state index contributed by atoms with van der Waals surface area (Å²) in [6.07, 6.45) is 4.13. The second-order valence-electron chi connectivity index (χ2n) is 4.82. The topological polar surface area (TPSA) is 4.36 Å². The molecular formula is C18H17N. The third kappa shape index (κ3) is 2.92. The van der Waals surface area contributed by atoms with Gasteiger partial charge in [-0.1, -0.05) is 54.1 Å². The van der Waals surface area contributed by atoms with Crippen molar-refractivity contribution in [1.29, 1.82) is 0 Å². The predicted octanol–water partition coefficient (Wildman–Crippen LogP) is 5.33. The van der Waals surface area contributed by atoms with Gasteiger partial charge in [-0.25, -0.2) is 4.85 Å². The molecule has 0 radical (unpaired) electrons. The van der Waals surface area contributed by atoms with E-state index in [0.29, 0.717) is 5.69 Å². The van der Waals surface area contributed by atoms with Gasteiger partial charge in [0.25, 0.3) is 0 Å². The fraction of sp³-hybridized carbons (Fsp3) is 0.167. The largest absolute Gasteiger partial charge is 0.238 e. The third-order valence-corrected chi connectivity index (χ3v) is 3.22. The number of aryl methyl sites for hydroxylation is 3. The average Bonchev–Trinajstić information content (AvgIpc) is 2.38. The summed E-state index contributed by atoms with van der Waals surface area (Å²) in [7, 11) is 0. The molecule has 94 valence electrons. The molecule has 2 rings (SSSR count). The number of hydrogen-bond donors (Lipinski definition) is 0. The molecule has 0 aliphatic rings. The van der Waals surface area contributed by atoms with E-state index in [1.165, 1.54) is 22.3 Å². The first-order chi connectivity index (χ1) is 9.11. The molecule has 0 saturated carbocycles. The lowest BCUT2D eigenvalue weighted by Crippen LogP contribution is -1.88. The first-order valence-corrected chi connectivity index (χ1v) is 6.34. The van der Waals surface area contributed by atoms with Crippen LogP contribution in [-0.4, -0.2) is 0 Å². The molecule has 0 spiro atoms. The summed E-state index contributed by atoms with van der Waals surface area (Å²) in [4.78, 5) is 3.54. The van der Waals surface area contributed by atoms with Gasteiger partial charge in [-0.05, 0) is 43.0 Å². The highest BCUT2D eigenvalue weighted by molar-refractivity contribution is 5.78. The fourth-order valence-corrected chi connectivity index (χ4v) is 2.36. The van der Waals surface area contributed by atoms with Crippen molar-refractivity contribution in [1.82, 2.24) is 0 Å². The minimum Gasteiger partial charge on any atom is -0.238 e. The van der Waals surface area contributed by atoms with Crippen molar-refractivity contribution < 1.29 is 0 Å². The zero-order chi connectivity index (χ0) is 13.8. The van der Waals surface area contributed by atoms with Crippen LogP contribution in [0.3, 0.4) is 0 Å². The van der Waals surface area contributed by atoms with Crippen LogP contribution in [-0.2, 0) is 0 Å². The molecule has 1 heteroatoms. The van der Waals surface area contributed by atoms with Gasteiger partial charge in [0.15, 0.2) is 5.69 Å². The minimum atomic E-state index is 0.696. The Morgan fingerprint density at radius 1 is 0.947 bits per heavy atom. The highest BCUT2D eigenvalue weighted by atomic mass is 14.6. The summed E-state index contributed by atoms with van der Waals surface area (Å²) in [5.74, 6) is 0. The van der Waals surface area contributed by atoms with Crippen LogP contribution in [0.5, 0.6) is 0 Å². The van der Waals surface area contributed by atoms with E-state index < -0.39 is 0 Å². The standard InChI is InChI=1S/C18H17N/c1-13-11-14(2)17(15(3)12-13)10-9-16-7-5-6-8-18(16)19-4/h5-12H,1-3H3/b10-9+. The molecule has 2 aromatic carbocycles. The van der Waals surface area contributed by atoms with Crippen LogP contribution < -0.4 is 0 Å². The van der Waals surface area contributed by atoms with E-state index in [2.05, 4.69) is 43.8 Å². The molecule has 0 aromatic heterocycles. The number of benzene rings is 2. The highest BCUT2D eigenvalue weighted by Gasteiger charge is 2.01. The summed E-state index contributed by atoms with van der Waals surface area (Å²) < 4.78 is 0. The van der Waals surface area contributed by atoms with Gasteiger partial charge in [0.1, 0.15) is 0 Å². The summed E-state index contributed by atoms with van der Waals surface area (Å²) >= 11 is 0. The fourth-order valence-electron chi connectivity index (χ4n) is 2.36. The zero-order valence-electron chi connectivity index (χ0n) is 11.6. The lowest BCUT2D eigenvalue weighted by molar-refractivity contribution is 1.30. The van der Waals surface area contributed by atoms with Gasteiger partial charge in [-0.3, -0.25) is 0 Å². The maximum atomic E-state index is 7.17. The minimum absolute atomic E-state index is 0.696. The van der Waals surface area contributed by atoms with Crippen LogP contribution in [0, 0.1) is 27.3 Å². The lowest BCUT2D eigenvalue weighted by atomic mass is 9.99. The van der Waals surface area contributed by atoms with E-state index in [4.69, 9.17) is 6.57 Å². The molecule has 0 bridgehead atoms. The average molecular weight is 247 g/mol. The van der Waals surface area contributed by atoms with Gasteiger partial charge in [0, 0.05) is 0 Å².